The van der Waals surface area contributed by atoms with Crippen molar-refractivity contribution < 1.29 is 9.84 Å². The zero-order valence-electron chi connectivity index (χ0n) is 6.55. The average Bonchev–Trinajstić information content (AvgIpc) is 2.05. The summed E-state index contributed by atoms with van der Waals surface area (Å²) in [6.07, 6.45) is 2.32. The molecule has 0 spiro atoms. The molecular formula is C8H16O2. The van der Waals surface area contributed by atoms with Crippen molar-refractivity contribution in [2.24, 2.45) is 11.8 Å². The minimum Gasteiger partial charge on any atom is -0.396 e. The molecule has 0 aromatic carbocycles. The summed E-state index contributed by atoms with van der Waals surface area (Å²) in [7, 11) is 0. The van der Waals surface area contributed by atoms with Gasteiger partial charge in [-0.05, 0) is 12.3 Å². The SMILES string of the molecule is CCC1COCC(CO)C1. The van der Waals surface area contributed by atoms with Gasteiger partial charge in [0.05, 0.1) is 6.61 Å². The predicted molar refractivity (Wildman–Crippen MR) is 39.8 cm³/mol. The number of ether oxygens (including phenoxy) is 1. The van der Waals surface area contributed by atoms with Crippen LogP contribution in [0.4, 0.5) is 0 Å². The molecule has 0 radical (unpaired) electrons. The van der Waals surface area contributed by atoms with E-state index < -0.39 is 0 Å². The van der Waals surface area contributed by atoms with Crippen molar-refractivity contribution in [3.8, 4) is 0 Å². The summed E-state index contributed by atoms with van der Waals surface area (Å²) in [6.45, 7) is 4.12. The van der Waals surface area contributed by atoms with Crippen molar-refractivity contribution in [3.63, 3.8) is 0 Å². The number of aliphatic hydroxyl groups is 1. The van der Waals surface area contributed by atoms with E-state index in [2.05, 4.69) is 6.92 Å². The maximum Gasteiger partial charge on any atom is 0.0516 e. The zero-order valence-corrected chi connectivity index (χ0v) is 6.55. The Bertz CT molecular complexity index is 83.3. The number of aliphatic hydroxyl groups excluding tert-OH is 1. The Morgan fingerprint density at radius 2 is 2.10 bits per heavy atom. The van der Waals surface area contributed by atoms with Crippen LogP contribution in [0.1, 0.15) is 19.8 Å². The monoisotopic (exact) mass is 144 g/mol. The third-order valence-corrected chi connectivity index (χ3v) is 2.21. The van der Waals surface area contributed by atoms with Crippen LogP contribution in [0.25, 0.3) is 0 Å². The molecule has 0 aromatic heterocycles. The first-order valence-corrected chi connectivity index (χ1v) is 4.05. The van der Waals surface area contributed by atoms with E-state index in [4.69, 9.17) is 9.84 Å². The van der Waals surface area contributed by atoms with E-state index >= 15 is 0 Å². The molecule has 1 saturated heterocycles. The second-order valence-electron chi connectivity index (χ2n) is 3.10. The first-order valence-electron chi connectivity index (χ1n) is 4.05. The van der Waals surface area contributed by atoms with Gasteiger partial charge in [0.15, 0.2) is 0 Å². The van der Waals surface area contributed by atoms with Crippen LogP contribution in [0.5, 0.6) is 0 Å². The summed E-state index contributed by atoms with van der Waals surface area (Å²) in [6, 6.07) is 0. The Labute approximate surface area is 62.2 Å². The molecule has 0 saturated carbocycles. The molecule has 1 fully saturated rings. The Balaban J connectivity index is 2.25. The highest BCUT2D eigenvalue weighted by Gasteiger charge is 2.19. The average molecular weight is 144 g/mol. The van der Waals surface area contributed by atoms with Crippen LogP contribution in [0.2, 0.25) is 0 Å². The van der Waals surface area contributed by atoms with Crippen LogP contribution in [-0.2, 0) is 4.74 Å². The van der Waals surface area contributed by atoms with Crippen LogP contribution in [0.15, 0.2) is 0 Å². The van der Waals surface area contributed by atoms with E-state index in [9.17, 15) is 0 Å². The van der Waals surface area contributed by atoms with Gasteiger partial charge in [0, 0.05) is 19.1 Å². The minimum absolute atomic E-state index is 0.288. The van der Waals surface area contributed by atoms with E-state index in [1.807, 2.05) is 0 Å². The molecule has 2 atom stereocenters. The third-order valence-electron chi connectivity index (χ3n) is 2.21. The highest BCUT2D eigenvalue weighted by Crippen LogP contribution is 2.21. The third kappa shape index (κ3) is 1.96. The maximum atomic E-state index is 8.82. The molecule has 0 aliphatic carbocycles. The van der Waals surface area contributed by atoms with Crippen LogP contribution in [0.3, 0.4) is 0 Å². The van der Waals surface area contributed by atoms with Crippen LogP contribution in [-0.4, -0.2) is 24.9 Å². The molecule has 2 nitrogen and oxygen atoms in total. The van der Waals surface area contributed by atoms with Crippen LogP contribution < -0.4 is 0 Å². The molecule has 0 bridgehead atoms. The molecular weight excluding hydrogens is 128 g/mol. The molecule has 1 heterocycles. The molecule has 1 N–H and O–H groups in total. The summed E-state index contributed by atoms with van der Waals surface area (Å²) < 4.78 is 5.32. The van der Waals surface area contributed by atoms with Crippen LogP contribution >= 0.6 is 0 Å². The second-order valence-corrected chi connectivity index (χ2v) is 3.10. The van der Waals surface area contributed by atoms with Crippen molar-refractivity contribution >= 4 is 0 Å². The van der Waals surface area contributed by atoms with Gasteiger partial charge >= 0.3 is 0 Å². The summed E-state index contributed by atoms with van der Waals surface area (Å²) in [4.78, 5) is 0. The van der Waals surface area contributed by atoms with Crippen LogP contribution in [0, 0.1) is 11.8 Å². The maximum absolute atomic E-state index is 8.82. The minimum atomic E-state index is 0.288. The highest BCUT2D eigenvalue weighted by atomic mass is 16.5. The lowest BCUT2D eigenvalue weighted by molar-refractivity contribution is -0.00534. The Morgan fingerprint density at radius 1 is 1.40 bits per heavy atom. The number of hydrogen-bond donors (Lipinski definition) is 1. The Morgan fingerprint density at radius 3 is 2.70 bits per heavy atom. The second kappa shape index (κ2) is 3.94. The highest BCUT2D eigenvalue weighted by molar-refractivity contribution is 4.68. The molecule has 10 heavy (non-hydrogen) atoms. The van der Waals surface area contributed by atoms with Gasteiger partial charge in [-0.1, -0.05) is 13.3 Å². The first kappa shape index (κ1) is 8.02. The van der Waals surface area contributed by atoms with Gasteiger partial charge in [-0.25, -0.2) is 0 Å². The standard InChI is InChI=1S/C8H16O2/c1-2-7-3-8(4-9)6-10-5-7/h7-9H,2-6H2,1H3. The van der Waals surface area contributed by atoms with Gasteiger partial charge in [-0.15, -0.1) is 0 Å². The van der Waals surface area contributed by atoms with Gasteiger partial charge in [0.2, 0.25) is 0 Å². The summed E-state index contributed by atoms with van der Waals surface area (Å²) in [5, 5.41) is 8.82. The van der Waals surface area contributed by atoms with Crippen molar-refractivity contribution in [2.45, 2.75) is 19.8 Å². The molecule has 0 aromatic rings. The lowest BCUT2D eigenvalue weighted by Crippen LogP contribution is -2.27. The fourth-order valence-corrected chi connectivity index (χ4v) is 1.42. The van der Waals surface area contributed by atoms with Crippen molar-refractivity contribution in [1.82, 2.24) is 0 Å². The Kier molecular flexibility index (Phi) is 3.16. The molecule has 60 valence electrons. The summed E-state index contributed by atoms with van der Waals surface area (Å²) in [5.74, 6) is 1.09. The molecule has 1 rings (SSSR count). The normalized spacial score (nSPS) is 34.2. The quantitative estimate of drug-likeness (QED) is 0.627. The summed E-state index contributed by atoms with van der Waals surface area (Å²) >= 11 is 0. The lowest BCUT2D eigenvalue weighted by Gasteiger charge is -2.26. The first-order chi connectivity index (χ1) is 4.86. The van der Waals surface area contributed by atoms with Gasteiger partial charge in [0.1, 0.15) is 0 Å². The van der Waals surface area contributed by atoms with E-state index in [-0.39, 0.29) is 6.61 Å². The van der Waals surface area contributed by atoms with Gasteiger partial charge in [-0.2, -0.15) is 0 Å². The van der Waals surface area contributed by atoms with E-state index in [0.717, 1.165) is 19.6 Å². The van der Waals surface area contributed by atoms with Crippen molar-refractivity contribution in [2.75, 3.05) is 19.8 Å². The molecule has 0 amide bonds. The number of rotatable bonds is 2. The molecule has 1 aliphatic heterocycles. The van der Waals surface area contributed by atoms with Gasteiger partial charge < -0.3 is 9.84 Å². The van der Waals surface area contributed by atoms with Crippen molar-refractivity contribution in [1.29, 1.82) is 0 Å². The largest absolute Gasteiger partial charge is 0.396 e. The smallest absolute Gasteiger partial charge is 0.0516 e. The molecule has 2 unspecified atom stereocenters. The molecule has 2 heteroatoms. The van der Waals surface area contributed by atoms with E-state index in [1.54, 1.807) is 0 Å². The fourth-order valence-electron chi connectivity index (χ4n) is 1.42. The van der Waals surface area contributed by atoms with Gasteiger partial charge in [-0.3, -0.25) is 0 Å². The molecule has 1 aliphatic rings. The topological polar surface area (TPSA) is 29.5 Å². The van der Waals surface area contributed by atoms with Crippen molar-refractivity contribution in [3.05, 3.63) is 0 Å². The van der Waals surface area contributed by atoms with E-state index in [0.29, 0.717) is 11.8 Å². The van der Waals surface area contributed by atoms with Gasteiger partial charge in [0.25, 0.3) is 0 Å². The zero-order chi connectivity index (χ0) is 7.40. The predicted octanol–water partition coefficient (Wildman–Crippen LogP) is 1.04. The lowest BCUT2D eigenvalue weighted by atomic mass is 9.92. The number of hydrogen-bond acceptors (Lipinski definition) is 2. The Hall–Kier alpha value is -0.0800. The summed E-state index contributed by atoms with van der Waals surface area (Å²) in [5.41, 5.74) is 0. The fraction of sp³-hybridized carbons (Fsp3) is 1.00. The van der Waals surface area contributed by atoms with E-state index in [1.165, 1.54) is 6.42 Å².